The van der Waals surface area contributed by atoms with Gasteiger partial charge in [-0.15, -0.1) is 0 Å². The Bertz CT molecular complexity index is 2900. The quantitative estimate of drug-likeness (QED) is 0.136. The Labute approximate surface area is 359 Å². The van der Waals surface area contributed by atoms with E-state index in [2.05, 4.69) is 266 Å². The first kappa shape index (κ1) is 37.6. The summed E-state index contributed by atoms with van der Waals surface area (Å²) in [5.41, 5.74) is 13.5. The van der Waals surface area contributed by atoms with Gasteiger partial charge in [-0.3, -0.25) is 0 Å². The Morgan fingerprint density at radius 2 is 0.590 bits per heavy atom. The lowest BCUT2D eigenvalue weighted by atomic mass is 9.77. The van der Waals surface area contributed by atoms with Crippen LogP contribution in [-0.4, -0.2) is 0 Å². The molecule has 0 aliphatic rings. The maximum Gasteiger partial charge on any atom is 0.0485 e. The van der Waals surface area contributed by atoms with Crippen LogP contribution in [0.3, 0.4) is 0 Å². The Morgan fingerprint density at radius 1 is 0.246 bits per heavy atom. The Balaban J connectivity index is 1.13. The van der Waals surface area contributed by atoms with Gasteiger partial charge in [0.15, 0.2) is 0 Å². The first-order valence-electron chi connectivity index (χ1n) is 21.1. The first-order valence-corrected chi connectivity index (χ1v) is 21.1. The van der Waals surface area contributed by atoms with Gasteiger partial charge in [-0.1, -0.05) is 178 Å². The van der Waals surface area contributed by atoms with Gasteiger partial charge in [-0.05, 0) is 134 Å². The number of hydrogen-bond acceptors (Lipinski definition) is 2. The molecule has 0 aliphatic carbocycles. The molecule has 0 bridgehead atoms. The summed E-state index contributed by atoms with van der Waals surface area (Å²) < 4.78 is 0. The molecular formula is C59H46N2. The van der Waals surface area contributed by atoms with Crippen LogP contribution < -0.4 is 9.80 Å². The van der Waals surface area contributed by atoms with Crippen molar-refractivity contribution in [1.29, 1.82) is 0 Å². The molecule has 10 aromatic carbocycles. The molecule has 0 N–H and O–H groups in total. The zero-order chi connectivity index (χ0) is 41.2. The molecule has 0 fully saturated rings. The van der Waals surface area contributed by atoms with Crippen LogP contribution in [0, 0.1) is 0 Å². The fourth-order valence-electron chi connectivity index (χ4n) is 8.63. The number of para-hydroxylation sites is 2. The van der Waals surface area contributed by atoms with Gasteiger partial charge in [0.1, 0.15) is 0 Å². The Kier molecular flexibility index (Phi) is 9.96. The Morgan fingerprint density at radius 3 is 1.02 bits per heavy atom. The predicted molar refractivity (Wildman–Crippen MR) is 260 cm³/mol. The molecule has 0 atom stereocenters. The molecule has 0 heterocycles. The van der Waals surface area contributed by atoms with E-state index in [0.29, 0.717) is 0 Å². The lowest BCUT2D eigenvalue weighted by molar-refractivity contribution is 0.641. The number of fused-ring (bicyclic) bond motifs is 2. The van der Waals surface area contributed by atoms with Crippen LogP contribution in [0.5, 0.6) is 0 Å². The summed E-state index contributed by atoms with van der Waals surface area (Å²) in [4.78, 5) is 4.79. The van der Waals surface area contributed by atoms with Crippen LogP contribution in [0.1, 0.15) is 25.0 Å². The normalized spacial score (nSPS) is 11.4. The summed E-state index contributed by atoms with van der Waals surface area (Å²) in [5, 5.41) is 4.98. The minimum absolute atomic E-state index is 0.309. The molecule has 0 aliphatic heterocycles. The van der Waals surface area contributed by atoms with Crippen molar-refractivity contribution >= 4 is 55.7 Å². The van der Waals surface area contributed by atoms with Crippen molar-refractivity contribution in [3.05, 3.63) is 254 Å². The molecule has 292 valence electrons. The molecule has 0 unspecified atom stereocenters. The lowest BCUT2D eigenvalue weighted by Crippen LogP contribution is -2.21. The zero-order valence-electron chi connectivity index (χ0n) is 34.5. The maximum atomic E-state index is 2.39. The van der Waals surface area contributed by atoms with Crippen LogP contribution in [0.25, 0.3) is 43.8 Å². The third-order valence-corrected chi connectivity index (χ3v) is 12.1. The highest BCUT2D eigenvalue weighted by molar-refractivity contribution is 5.90. The average molecular weight is 783 g/mol. The number of rotatable bonds is 10. The van der Waals surface area contributed by atoms with Crippen molar-refractivity contribution in [2.45, 2.75) is 19.3 Å². The number of nitrogens with zero attached hydrogens (tertiary/aromatic N) is 2. The fraction of sp³-hybridized carbons (Fsp3) is 0.0508. The molecule has 10 rings (SSSR count). The Hall–Kier alpha value is -7.68. The number of anilines is 6. The van der Waals surface area contributed by atoms with Crippen molar-refractivity contribution in [2.75, 3.05) is 9.80 Å². The monoisotopic (exact) mass is 782 g/mol. The smallest absolute Gasteiger partial charge is 0.0485 e. The van der Waals surface area contributed by atoms with Crippen molar-refractivity contribution in [1.82, 2.24) is 0 Å². The van der Waals surface area contributed by atoms with Gasteiger partial charge in [0.2, 0.25) is 0 Å². The second-order valence-corrected chi connectivity index (χ2v) is 16.3. The number of benzene rings is 10. The van der Waals surface area contributed by atoms with Crippen LogP contribution in [0.15, 0.2) is 243 Å². The van der Waals surface area contributed by atoms with Gasteiger partial charge < -0.3 is 9.80 Å². The van der Waals surface area contributed by atoms with E-state index in [0.717, 1.165) is 34.1 Å². The lowest BCUT2D eigenvalue weighted by Gasteiger charge is -2.33. The van der Waals surface area contributed by atoms with Gasteiger partial charge in [0.25, 0.3) is 0 Å². The van der Waals surface area contributed by atoms with Crippen molar-refractivity contribution < 1.29 is 0 Å². The largest absolute Gasteiger partial charge is 0.310 e. The van der Waals surface area contributed by atoms with E-state index in [1.165, 1.54) is 54.9 Å². The van der Waals surface area contributed by atoms with Gasteiger partial charge in [-0.2, -0.15) is 0 Å². The summed E-state index contributed by atoms with van der Waals surface area (Å²) in [5.74, 6) is 0. The number of hydrogen-bond donors (Lipinski definition) is 0. The molecule has 0 saturated heterocycles. The standard InChI is InChI=1S/C59H46N2/c1-59(2,51-20-6-3-7-21-51)52-40-57(60(53-22-8-4-9-23-53)55-34-30-45(31-35-55)49-28-26-43-16-12-14-18-47(43)38-49)42-58(41-52)61(54-24-10-5-11-25-54)56-36-32-46(33-37-56)50-29-27-44-17-13-15-19-48(44)39-50/h3-42H,1-2H3. The third kappa shape index (κ3) is 7.57. The molecular weight excluding hydrogens is 737 g/mol. The van der Waals surface area contributed by atoms with E-state index >= 15 is 0 Å². The van der Waals surface area contributed by atoms with Crippen LogP contribution >= 0.6 is 0 Å². The molecule has 2 heteroatoms. The molecule has 61 heavy (non-hydrogen) atoms. The van der Waals surface area contributed by atoms with Gasteiger partial charge in [0.05, 0.1) is 0 Å². The molecule has 0 aromatic heterocycles. The highest BCUT2D eigenvalue weighted by Gasteiger charge is 2.27. The highest BCUT2D eigenvalue weighted by atomic mass is 15.2. The van der Waals surface area contributed by atoms with E-state index in [-0.39, 0.29) is 5.41 Å². The minimum atomic E-state index is -0.309. The molecule has 0 spiro atoms. The molecule has 10 aromatic rings. The predicted octanol–water partition coefficient (Wildman–Crippen LogP) is 16.6. The second-order valence-electron chi connectivity index (χ2n) is 16.3. The molecule has 0 saturated carbocycles. The van der Waals surface area contributed by atoms with Crippen LogP contribution in [-0.2, 0) is 5.41 Å². The first-order chi connectivity index (χ1) is 30.0. The zero-order valence-corrected chi connectivity index (χ0v) is 34.5. The summed E-state index contributed by atoms with van der Waals surface area (Å²) in [7, 11) is 0. The van der Waals surface area contributed by atoms with Crippen molar-refractivity contribution in [3.63, 3.8) is 0 Å². The van der Waals surface area contributed by atoms with Crippen LogP contribution in [0.2, 0.25) is 0 Å². The highest BCUT2D eigenvalue weighted by Crippen LogP contribution is 2.45. The molecule has 0 amide bonds. The third-order valence-electron chi connectivity index (χ3n) is 12.1. The fourth-order valence-corrected chi connectivity index (χ4v) is 8.63. The summed E-state index contributed by atoms with van der Waals surface area (Å²) in [6.45, 7) is 4.67. The summed E-state index contributed by atoms with van der Waals surface area (Å²) >= 11 is 0. The minimum Gasteiger partial charge on any atom is -0.310 e. The van der Waals surface area contributed by atoms with Crippen LogP contribution in [0.4, 0.5) is 34.1 Å². The van der Waals surface area contributed by atoms with Crippen molar-refractivity contribution in [2.24, 2.45) is 0 Å². The van der Waals surface area contributed by atoms with E-state index in [4.69, 9.17) is 0 Å². The van der Waals surface area contributed by atoms with Crippen molar-refractivity contribution in [3.8, 4) is 22.3 Å². The van der Waals surface area contributed by atoms with E-state index in [9.17, 15) is 0 Å². The molecule has 0 radical (unpaired) electrons. The summed E-state index contributed by atoms with van der Waals surface area (Å²) in [6.07, 6.45) is 0. The van der Waals surface area contributed by atoms with E-state index < -0.39 is 0 Å². The van der Waals surface area contributed by atoms with E-state index in [1.54, 1.807) is 0 Å². The second kappa shape index (κ2) is 16.2. The SMILES string of the molecule is CC(C)(c1ccccc1)c1cc(N(c2ccccc2)c2ccc(-c3ccc4ccccc4c3)cc2)cc(N(c2ccccc2)c2ccc(-c3ccc4ccccc4c3)cc2)c1. The average Bonchev–Trinajstić information content (AvgIpc) is 3.33. The van der Waals surface area contributed by atoms with Gasteiger partial charge in [0, 0.05) is 39.5 Å². The van der Waals surface area contributed by atoms with E-state index in [1.807, 2.05) is 0 Å². The van der Waals surface area contributed by atoms with Gasteiger partial charge in [-0.25, -0.2) is 0 Å². The van der Waals surface area contributed by atoms with Gasteiger partial charge >= 0.3 is 0 Å². The topological polar surface area (TPSA) is 6.48 Å². The molecule has 2 nitrogen and oxygen atoms in total. The maximum absolute atomic E-state index is 2.39. The summed E-state index contributed by atoms with van der Waals surface area (Å²) in [6, 6.07) is 88.0.